The van der Waals surface area contributed by atoms with Crippen molar-refractivity contribution in [3.63, 3.8) is 0 Å². The summed E-state index contributed by atoms with van der Waals surface area (Å²) < 4.78 is 0. The van der Waals surface area contributed by atoms with Crippen molar-refractivity contribution in [2.45, 2.75) is 270 Å². The molecule has 0 aliphatic carbocycles. The summed E-state index contributed by atoms with van der Waals surface area (Å²) in [6.45, 7) is 4.25. The maximum Gasteiger partial charge on any atom is 0.220 e. The first-order valence-corrected chi connectivity index (χ1v) is 25.5. The number of rotatable bonds is 46. The van der Waals surface area contributed by atoms with Crippen molar-refractivity contribution in [2.75, 3.05) is 6.61 Å². The van der Waals surface area contributed by atoms with Gasteiger partial charge < -0.3 is 15.5 Å². The van der Waals surface area contributed by atoms with Crippen molar-refractivity contribution in [1.82, 2.24) is 5.32 Å². The Labute approximate surface area is 362 Å². The molecular formula is C54H99NO3. The first-order valence-electron chi connectivity index (χ1n) is 25.5. The molecule has 0 rings (SSSR count). The summed E-state index contributed by atoms with van der Waals surface area (Å²) >= 11 is 0. The minimum Gasteiger partial charge on any atom is -0.394 e. The summed E-state index contributed by atoms with van der Waals surface area (Å²) in [6.07, 6.45) is 69.5. The molecule has 0 radical (unpaired) electrons. The van der Waals surface area contributed by atoms with Gasteiger partial charge in [-0.3, -0.25) is 4.79 Å². The summed E-state index contributed by atoms with van der Waals surface area (Å²) in [6, 6.07) is -0.655. The van der Waals surface area contributed by atoms with Crippen LogP contribution in [0.3, 0.4) is 0 Å². The Morgan fingerprint density at radius 3 is 1.16 bits per heavy atom. The molecule has 2 unspecified atom stereocenters. The Kier molecular flexibility index (Phi) is 47.8. The van der Waals surface area contributed by atoms with Gasteiger partial charge in [-0.2, -0.15) is 0 Å². The number of amides is 1. The number of hydrogen-bond donors (Lipinski definition) is 3. The molecule has 0 heterocycles. The third-order valence-electron chi connectivity index (χ3n) is 11.5. The summed E-state index contributed by atoms with van der Waals surface area (Å²) in [5.74, 6) is -0.0931. The monoisotopic (exact) mass is 810 g/mol. The molecule has 2 atom stereocenters. The molecule has 0 aliphatic rings. The molecule has 1 amide bonds. The fourth-order valence-corrected chi connectivity index (χ4v) is 7.52. The fourth-order valence-electron chi connectivity index (χ4n) is 7.52. The van der Waals surface area contributed by atoms with Gasteiger partial charge in [-0.15, -0.1) is 0 Å². The van der Waals surface area contributed by atoms with Gasteiger partial charge in [-0.25, -0.2) is 0 Å². The minimum absolute atomic E-state index is 0.0931. The number of hydrogen-bond acceptors (Lipinski definition) is 3. The predicted molar refractivity (Wildman–Crippen MR) is 258 cm³/mol. The van der Waals surface area contributed by atoms with Gasteiger partial charge in [0.1, 0.15) is 0 Å². The van der Waals surface area contributed by atoms with E-state index in [1.807, 2.05) is 6.08 Å². The Hall–Kier alpha value is -1.91. The van der Waals surface area contributed by atoms with Crippen molar-refractivity contribution < 1.29 is 15.0 Å². The summed E-state index contributed by atoms with van der Waals surface area (Å²) in [4.78, 5) is 12.4. The molecule has 0 aromatic carbocycles. The van der Waals surface area contributed by atoms with Crippen LogP contribution in [0, 0.1) is 0 Å². The molecule has 0 fully saturated rings. The predicted octanol–water partition coefficient (Wildman–Crippen LogP) is 16.5. The van der Waals surface area contributed by atoms with Gasteiger partial charge in [0.15, 0.2) is 0 Å². The van der Waals surface area contributed by atoms with E-state index in [2.05, 4.69) is 67.8 Å². The maximum atomic E-state index is 12.4. The molecule has 0 aliphatic heterocycles. The first kappa shape index (κ1) is 56.1. The van der Waals surface area contributed by atoms with Crippen molar-refractivity contribution in [3.8, 4) is 0 Å². The van der Waals surface area contributed by atoms with Crippen LogP contribution in [0.1, 0.15) is 258 Å². The number of carbonyl (C=O) groups is 1. The second-order valence-electron chi connectivity index (χ2n) is 17.2. The fraction of sp³-hybridized carbons (Fsp3) is 0.796. The first-order chi connectivity index (χ1) is 28.7. The Bertz CT molecular complexity index is 965. The van der Waals surface area contributed by atoms with E-state index < -0.39 is 12.1 Å². The molecule has 0 aromatic heterocycles. The molecule has 0 bridgehead atoms. The Morgan fingerprint density at radius 2 is 0.741 bits per heavy atom. The van der Waals surface area contributed by atoms with Crippen molar-refractivity contribution in [2.24, 2.45) is 0 Å². The Balaban J connectivity index is 3.55. The quantitative estimate of drug-likeness (QED) is 0.0424. The molecule has 4 nitrogen and oxygen atoms in total. The summed E-state index contributed by atoms with van der Waals surface area (Å²) in [5, 5.41) is 23.0. The number of nitrogens with one attached hydrogen (secondary N) is 1. The molecule has 0 aromatic rings. The van der Waals surface area contributed by atoms with Gasteiger partial charge in [-0.1, -0.05) is 242 Å². The number of unbranched alkanes of at least 4 members (excludes halogenated alkanes) is 31. The van der Waals surface area contributed by atoms with E-state index in [9.17, 15) is 15.0 Å². The van der Waals surface area contributed by atoms with Crippen LogP contribution in [0.5, 0.6) is 0 Å². The normalized spacial score (nSPS) is 13.4. The van der Waals surface area contributed by atoms with E-state index >= 15 is 0 Å². The van der Waals surface area contributed by atoms with Crippen LogP contribution in [0.4, 0.5) is 0 Å². The lowest BCUT2D eigenvalue weighted by Gasteiger charge is -2.19. The zero-order chi connectivity index (χ0) is 42.1. The number of aliphatic hydroxyl groups is 2. The highest BCUT2D eigenvalue weighted by molar-refractivity contribution is 5.76. The van der Waals surface area contributed by atoms with Crippen LogP contribution < -0.4 is 5.32 Å². The van der Waals surface area contributed by atoms with E-state index in [4.69, 9.17) is 0 Å². The topological polar surface area (TPSA) is 69.6 Å². The van der Waals surface area contributed by atoms with Crippen molar-refractivity contribution in [3.05, 3.63) is 60.8 Å². The van der Waals surface area contributed by atoms with E-state index in [0.29, 0.717) is 6.42 Å². The third-order valence-corrected chi connectivity index (χ3v) is 11.5. The van der Waals surface area contributed by atoms with Gasteiger partial charge in [0.25, 0.3) is 0 Å². The molecule has 58 heavy (non-hydrogen) atoms. The highest BCUT2D eigenvalue weighted by Gasteiger charge is 2.17. The van der Waals surface area contributed by atoms with Crippen LogP contribution in [0.15, 0.2) is 60.8 Å². The van der Waals surface area contributed by atoms with E-state index in [1.165, 1.54) is 180 Å². The number of allylic oxidation sites excluding steroid dienone is 9. The minimum atomic E-state index is -0.878. The molecule has 338 valence electrons. The SMILES string of the molecule is CCCC/C=C\C/C=C\CCCCCCCC(=O)NC(CO)C(O)/C=C/CC/C=C/CC/C=C/CCCCCCCCCCCCCCCCCCCCCCCC. The zero-order valence-corrected chi connectivity index (χ0v) is 38.8. The van der Waals surface area contributed by atoms with E-state index in [-0.39, 0.29) is 12.5 Å². The van der Waals surface area contributed by atoms with Crippen LogP contribution in [0.25, 0.3) is 0 Å². The largest absolute Gasteiger partial charge is 0.394 e. The van der Waals surface area contributed by atoms with E-state index in [1.54, 1.807) is 6.08 Å². The maximum absolute atomic E-state index is 12.4. The molecule has 4 heteroatoms. The van der Waals surface area contributed by atoms with Gasteiger partial charge in [0.05, 0.1) is 18.8 Å². The van der Waals surface area contributed by atoms with Gasteiger partial charge in [0, 0.05) is 6.42 Å². The lowest BCUT2D eigenvalue weighted by Crippen LogP contribution is -2.45. The lowest BCUT2D eigenvalue weighted by atomic mass is 10.0. The van der Waals surface area contributed by atoms with Gasteiger partial charge in [0.2, 0.25) is 5.91 Å². The van der Waals surface area contributed by atoms with Gasteiger partial charge >= 0.3 is 0 Å². The highest BCUT2D eigenvalue weighted by atomic mass is 16.3. The second kappa shape index (κ2) is 49.5. The smallest absolute Gasteiger partial charge is 0.220 e. The van der Waals surface area contributed by atoms with E-state index in [0.717, 1.165) is 57.8 Å². The lowest BCUT2D eigenvalue weighted by molar-refractivity contribution is -0.123. The Morgan fingerprint density at radius 1 is 0.414 bits per heavy atom. The van der Waals surface area contributed by atoms with Crippen molar-refractivity contribution >= 4 is 5.91 Å². The second-order valence-corrected chi connectivity index (χ2v) is 17.2. The zero-order valence-electron chi connectivity index (χ0n) is 38.8. The van der Waals surface area contributed by atoms with Crippen LogP contribution in [0.2, 0.25) is 0 Å². The van der Waals surface area contributed by atoms with Crippen LogP contribution >= 0.6 is 0 Å². The highest BCUT2D eigenvalue weighted by Crippen LogP contribution is 2.16. The third kappa shape index (κ3) is 45.2. The standard InChI is InChI=1S/C54H99NO3/c1-3-5-7-9-11-13-15-17-19-20-21-22-23-24-25-26-27-28-29-30-31-32-33-34-35-36-37-39-41-43-45-47-49-53(57)52(51-56)55-54(58)50-48-46-44-42-40-38-18-16-14-12-10-8-6-4-2/h10,12,16,18,34-35,39,41,47,49,52-53,56-57H,3-9,11,13-15,17,19-33,36-38,40,42-46,48,50-51H2,1-2H3,(H,55,58)/b12-10-,18-16-,35-34+,41-39+,49-47+. The molecular weight excluding hydrogens is 711 g/mol. The number of aliphatic hydroxyl groups excluding tert-OH is 2. The van der Waals surface area contributed by atoms with Crippen molar-refractivity contribution in [1.29, 1.82) is 0 Å². The van der Waals surface area contributed by atoms with Crippen LogP contribution in [-0.2, 0) is 4.79 Å². The van der Waals surface area contributed by atoms with Gasteiger partial charge in [-0.05, 0) is 70.6 Å². The van der Waals surface area contributed by atoms with Crippen LogP contribution in [-0.4, -0.2) is 34.9 Å². The molecule has 0 spiro atoms. The molecule has 3 N–H and O–H groups in total. The summed E-state index contributed by atoms with van der Waals surface area (Å²) in [7, 11) is 0. The average molecular weight is 810 g/mol. The summed E-state index contributed by atoms with van der Waals surface area (Å²) in [5.41, 5.74) is 0. The number of carbonyl (C=O) groups excluding carboxylic acids is 1. The molecule has 0 saturated carbocycles. The average Bonchev–Trinajstić information content (AvgIpc) is 3.23. The molecule has 0 saturated heterocycles.